The molecule has 0 bridgehead atoms. The maximum Gasteiger partial charge on any atom is 0.0348 e. The fourth-order valence-electron chi connectivity index (χ4n) is 3.43. The molecule has 2 rings (SSSR count). The largest absolute Gasteiger partial charge is 0.314 e. The Kier molecular flexibility index (Phi) is 4.26. The summed E-state index contributed by atoms with van der Waals surface area (Å²) < 4.78 is 0. The van der Waals surface area contributed by atoms with Crippen molar-refractivity contribution >= 4 is 0 Å². The maximum atomic E-state index is 3.41. The molecule has 0 spiro atoms. The number of hydrogen-bond acceptors (Lipinski definition) is 2. The molecule has 2 heteroatoms. The summed E-state index contributed by atoms with van der Waals surface area (Å²) in [4.78, 5) is 2.77. The van der Waals surface area contributed by atoms with Gasteiger partial charge in [-0.3, -0.25) is 4.90 Å². The molecule has 0 amide bonds. The third-order valence-electron chi connectivity index (χ3n) is 4.69. The second kappa shape index (κ2) is 5.50. The second-order valence-electron chi connectivity index (χ2n) is 5.97. The normalized spacial score (nSPS) is 32.1. The van der Waals surface area contributed by atoms with Crippen molar-refractivity contribution in [3.63, 3.8) is 0 Å². The molecular formula is C14H28N2. The van der Waals surface area contributed by atoms with Crippen LogP contribution in [0.15, 0.2) is 0 Å². The van der Waals surface area contributed by atoms with E-state index in [2.05, 4.69) is 31.0 Å². The molecule has 16 heavy (non-hydrogen) atoms. The Balaban J connectivity index is 1.91. The van der Waals surface area contributed by atoms with Gasteiger partial charge in [-0.2, -0.15) is 0 Å². The van der Waals surface area contributed by atoms with E-state index in [0.29, 0.717) is 0 Å². The topological polar surface area (TPSA) is 15.3 Å². The van der Waals surface area contributed by atoms with Crippen molar-refractivity contribution in [2.45, 2.75) is 58.5 Å². The van der Waals surface area contributed by atoms with Gasteiger partial charge in [0.25, 0.3) is 0 Å². The monoisotopic (exact) mass is 224 g/mol. The smallest absolute Gasteiger partial charge is 0.0348 e. The van der Waals surface area contributed by atoms with Gasteiger partial charge in [0.2, 0.25) is 0 Å². The molecule has 0 aromatic rings. The minimum atomic E-state index is 0.834. The van der Waals surface area contributed by atoms with Crippen LogP contribution in [0.3, 0.4) is 0 Å². The van der Waals surface area contributed by atoms with E-state index in [1.54, 1.807) is 0 Å². The molecule has 1 aliphatic heterocycles. The van der Waals surface area contributed by atoms with E-state index in [1.165, 1.54) is 45.3 Å². The highest BCUT2D eigenvalue weighted by atomic mass is 15.2. The molecule has 2 nitrogen and oxygen atoms in total. The highest BCUT2D eigenvalue weighted by Gasteiger charge is 2.33. The first-order chi connectivity index (χ1) is 7.72. The lowest BCUT2D eigenvalue weighted by Gasteiger charge is -2.45. The van der Waals surface area contributed by atoms with E-state index < -0.39 is 0 Å². The van der Waals surface area contributed by atoms with Gasteiger partial charge < -0.3 is 5.32 Å². The maximum absolute atomic E-state index is 3.41. The lowest BCUT2D eigenvalue weighted by Crippen LogP contribution is -2.60. The van der Waals surface area contributed by atoms with Crippen LogP contribution >= 0.6 is 0 Å². The summed E-state index contributed by atoms with van der Waals surface area (Å²) in [6.45, 7) is 10.8. The first kappa shape index (κ1) is 12.4. The summed E-state index contributed by atoms with van der Waals surface area (Å²) in [6, 6.07) is 1.71. The first-order valence-electron chi connectivity index (χ1n) is 7.18. The zero-order valence-electron chi connectivity index (χ0n) is 11.2. The van der Waals surface area contributed by atoms with E-state index in [1.807, 2.05) is 0 Å². The Morgan fingerprint density at radius 1 is 1.19 bits per heavy atom. The van der Waals surface area contributed by atoms with Crippen LogP contribution in [0.5, 0.6) is 0 Å². The zero-order chi connectivity index (χ0) is 11.5. The van der Waals surface area contributed by atoms with E-state index in [0.717, 1.165) is 23.9 Å². The van der Waals surface area contributed by atoms with Crippen LogP contribution in [0.2, 0.25) is 0 Å². The Bertz CT molecular complexity index is 211. The molecule has 2 atom stereocenters. The fourth-order valence-corrected chi connectivity index (χ4v) is 3.43. The summed E-state index contributed by atoms with van der Waals surface area (Å²) in [5.74, 6) is 1.85. The number of nitrogens with zero attached hydrogens (tertiary/aromatic N) is 1. The van der Waals surface area contributed by atoms with Crippen LogP contribution in [-0.2, 0) is 0 Å². The van der Waals surface area contributed by atoms with Gasteiger partial charge in [-0.1, -0.05) is 33.6 Å². The summed E-state index contributed by atoms with van der Waals surface area (Å²) in [5, 5.41) is 3.41. The lowest BCUT2D eigenvalue weighted by molar-refractivity contribution is 0.0565. The molecule has 0 aromatic carbocycles. The molecule has 0 radical (unpaired) electrons. The van der Waals surface area contributed by atoms with Gasteiger partial charge in [-0.15, -0.1) is 0 Å². The number of nitrogens with one attached hydrogen (secondary N) is 1. The average molecular weight is 224 g/mol. The average Bonchev–Trinajstić information content (AvgIpc) is 2.23. The molecule has 2 fully saturated rings. The summed E-state index contributed by atoms with van der Waals surface area (Å²) in [6.07, 6.45) is 5.80. The van der Waals surface area contributed by atoms with Gasteiger partial charge >= 0.3 is 0 Å². The number of rotatable bonds is 4. The molecular weight excluding hydrogens is 196 g/mol. The van der Waals surface area contributed by atoms with Crippen molar-refractivity contribution in [3.05, 3.63) is 0 Å². The standard InChI is InChI=1S/C14H28N2/c1-4-16(14-9-15-10-14)13-7-5-6-12(8-13)11(2)3/h11-15H,4-10H2,1-3H3. The van der Waals surface area contributed by atoms with E-state index >= 15 is 0 Å². The molecule has 2 unspecified atom stereocenters. The fraction of sp³-hybridized carbons (Fsp3) is 1.00. The molecule has 94 valence electrons. The Hall–Kier alpha value is -0.0800. The number of hydrogen-bond donors (Lipinski definition) is 1. The predicted octanol–water partition coefficient (Wildman–Crippen LogP) is 2.49. The molecule has 1 N–H and O–H groups in total. The van der Waals surface area contributed by atoms with Crippen LogP contribution in [-0.4, -0.2) is 36.6 Å². The molecule has 0 aromatic heterocycles. The van der Waals surface area contributed by atoms with Crippen LogP contribution in [0.25, 0.3) is 0 Å². The van der Waals surface area contributed by atoms with Crippen LogP contribution < -0.4 is 5.32 Å². The minimum Gasteiger partial charge on any atom is -0.314 e. The highest BCUT2D eigenvalue weighted by Crippen LogP contribution is 2.33. The van der Waals surface area contributed by atoms with Crippen LogP contribution in [0.1, 0.15) is 46.5 Å². The molecule has 1 heterocycles. The van der Waals surface area contributed by atoms with Crippen molar-refractivity contribution in [3.8, 4) is 0 Å². The van der Waals surface area contributed by atoms with Crippen molar-refractivity contribution < 1.29 is 0 Å². The van der Waals surface area contributed by atoms with Crippen molar-refractivity contribution in [2.24, 2.45) is 11.8 Å². The minimum absolute atomic E-state index is 0.834. The van der Waals surface area contributed by atoms with E-state index in [9.17, 15) is 0 Å². The van der Waals surface area contributed by atoms with Gasteiger partial charge in [0.05, 0.1) is 0 Å². The van der Waals surface area contributed by atoms with Crippen LogP contribution in [0, 0.1) is 11.8 Å². The quantitative estimate of drug-likeness (QED) is 0.789. The second-order valence-corrected chi connectivity index (χ2v) is 5.97. The van der Waals surface area contributed by atoms with Crippen molar-refractivity contribution in [1.29, 1.82) is 0 Å². The van der Waals surface area contributed by atoms with Gasteiger partial charge in [-0.05, 0) is 31.2 Å². The molecule has 1 saturated carbocycles. The third-order valence-corrected chi connectivity index (χ3v) is 4.69. The molecule has 1 aliphatic carbocycles. The van der Waals surface area contributed by atoms with Crippen molar-refractivity contribution in [2.75, 3.05) is 19.6 Å². The summed E-state index contributed by atoms with van der Waals surface area (Å²) in [7, 11) is 0. The number of likely N-dealkylation sites (N-methyl/N-ethyl adjacent to an activating group) is 1. The Labute approximate surface area is 101 Å². The van der Waals surface area contributed by atoms with Gasteiger partial charge in [0.1, 0.15) is 0 Å². The van der Waals surface area contributed by atoms with Gasteiger partial charge in [0.15, 0.2) is 0 Å². The summed E-state index contributed by atoms with van der Waals surface area (Å²) in [5.41, 5.74) is 0. The van der Waals surface area contributed by atoms with E-state index in [-0.39, 0.29) is 0 Å². The predicted molar refractivity (Wildman–Crippen MR) is 69.6 cm³/mol. The summed E-state index contributed by atoms with van der Waals surface area (Å²) >= 11 is 0. The highest BCUT2D eigenvalue weighted by molar-refractivity contribution is 4.90. The first-order valence-corrected chi connectivity index (χ1v) is 7.18. The van der Waals surface area contributed by atoms with Gasteiger partial charge in [0, 0.05) is 25.2 Å². The SMILES string of the molecule is CCN(C1CNC1)C1CCCC(C(C)C)C1. The Morgan fingerprint density at radius 2 is 1.94 bits per heavy atom. The van der Waals surface area contributed by atoms with Gasteiger partial charge in [-0.25, -0.2) is 0 Å². The van der Waals surface area contributed by atoms with E-state index in [4.69, 9.17) is 0 Å². The Morgan fingerprint density at radius 3 is 2.44 bits per heavy atom. The third kappa shape index (κ3) is 2.60. The molecule has 2 aliphatic rings. The van der Waals surface area contributed by atoms with Crippen molar-refractivity contribution in [1.82, 2.24) is 10.2 Å². The molecule has 1 saturated heterocycles. The zero-order valence-corrected chi connectivity index (χ0v) is 11.2. The lowest BCUT2D eigenvalue weighted by atomic mass is 9.78. The van der Waals surface area contributed by atoms with Crippen LogP contribution in [0.4, 0.5) is 0 Å².